The van der Waals surface area contributed by atoms with E-state index >= 15 is 0 Å². The third kappa shape index (κ3) is 4.93. The highest BCUT2D eigenvalue weighted by molar-refractivity contribution is 7.91. The molecule has 0 spiro atoms. The number of benzene rings is 2. The van der Waals surface area contributed by atoms with Crippen molar-refractivity contribution >= 4 is 32.8 Å². The monoisotopic (exact) mass is 402 g/mol. The van der Waals surface area contributed by atoms with Gasteiger partial charge in [-0.1, -0.05) is 6.92 Å². The third-order valence-electron chi connectivity index (χ3n) is 3.84. The number of nitrogens with one attached hydrogen (secondary N) is 1. The molecular formula is C19H18N2O4S2. The Kier molecular flexibility index (Phi) is 5.88. The van der Waals surface area contributed by atoms with Crippen LogP contribution >= 0.6 is 11.3 Å². The summed E-state index contributed by atoms with van der Waals surface area (Å²) >= 11 is 1.51. The average molecular weight is 402 g/mol. The smallest absolute Gasteiger partial charge is 0.255 e. The molecule has 3 rings (SSSR count). The van der Waals surface area contributed by atoms with Gasteiger partial charge in [0.15, 0.2) is 9.84 Å². The predicted octanol–water partition coefficient (Wildman–Crippen LogP) is 3.77. The minimum atomic E-state index is -3.25. The molecule has 3 aromatic rings. The van der Waals surface area contributed by atoms with E-state index in [2.05, 4.69) is 10.3 Å². The Labute approximate surface area is 161 Å². The zero-order chi connectivity index (χ0) is 19.3. The zero-order valence-electron chi connectivity index (χ0n) is 14.6. The standard InChI is InChI=1S/C19H18N2O4S2/c1-2-27(23,24)18-9-5-15(6-10-18)21-19(22)14-3-7-17(8-4-14)25-11-16-12-26-13-20-16/h3-10,12-13H,2,11H2,1H3,(H,21,22). The Bertz CT molecular complexity index is 997. The molecule has 8 heteroatoms. The molecule has 1 amide bonds. The Hall–Kier alpha value is -2.71. The molecule has 140 valence electrons. The second-order valence-corrected chi connectivity index (χ2v) is 8.67. The zero-order valence-corrected chi connectivity index (χ0v) is 16.2. The van der Waals surface area contributed by atoms with Crippen LogP contribution in [-0.2, 0) is 16.4 Å². The van der Waals surface area contributed by atoms with Gasteiger partial charge in [-0.3, -0.25) is 4.79 Å². The predicted molar refractivity (Wildman–Crippen MR) is 105 cm³/mol. The second-order valence-electron chi connectivity index (χ2n) is 5.67. The van der Waals surface area contributed by atoms with E-state index in [0.717, 1.165) is 5.69 Å². The van der Waals surface area contributed by atoms with Gasteiger partial charge in [-0.25, -0.2) is 13.4 Å². The van der Waals surface area contributed by atoms with Crippen LogP contribution in [0.4, 0.5) is 5.69 Å². The summed E-state index contributed by atoms with van der Waals surface area (Å²) < 4.78 is 29.2. The number of ether oxygens (including phenoxy) is 1. The number of carbonyl (C=O) groups excluding carboxylic acids is 1. The summed E-state index contributed by atoms with van der Waals surface area (Å²) in [6, 6.07) is 12.9. The van der Waals surface area contributed by atoms with Crippen molar-refractivity contribution in [2.45, 2.75) is 18.4 Å². The molecule has 0 bridgehead atoms. The lowest BCUT2D eigenvalue weighted by atomic mass is 10.2. The molecule has 27 heavy (non-hydrogen) atoms. The summed E-state index contributed by atoms with van der Waals surface area (Å²) in [5.41, 5.74) is 3.60. The number of anilines is 1. The first-order valence-corrected chi connectivity index (χ1v) is 10.8. The van der Waals surface area contributed by atoms with Crippen LogP contribution in [0, 0.1) is 0 Å². The summed E-state index contributed by atoms with van der Waals surface area (Å²) in [5, 5.41) is 4.66. The Morgan fingerprint density at radius 3 is 2.41 bits per heavy atom. The van der Waals surface area contributed by atoms with Crippen molar-refractivity contribution in [1.29, 1.82) is 0 Å². The normalized spacial score (nSPS) is 11.1. The van der Waals surface area contributed by atoms with Gasteiger partial charge in [-0.2, -0.15) is 0 Å². The topological polar surface area (TPSA) is 85.4 Å². The molecule has 0 aliphatic heterocycles. The summed E-state index contributed by atoms with van der Waals surface area (Å²) in [6.07, 6.45) is 0. The van der Waals surface area contributed by atoms with E-state index in [4.69, 9.17) is 4.74 Å². The van der Waals surface area contributed by atoms with Crippen LogP contribution in [0.15, 0.2) is 64.3 Å². The molecule has 1 N–H and O–H groups in total. The van der Waals surface area contributed by atoms with Crippen molar-refractivity contribution in [3.05, 3.63) is 70.7 Å². The Balaban J connectivity index is 1.60. The molecule has 0 aliphatic carbocycles. The maximum Gasteiger partial charge on any atom is 0.255 e. The molecule has 1 heterocycles. The van der Waals surface area contributed by atoms with Crippen LogP contribution in [0.1, 0.15) is 23.0 Å². The number of nitrogens with zero attached hydrogens (tertiary/aromatic N) is 1. The van der Waals surface area contributed by atoms with Gasteiger partial charge in [0.1, 0.15) is 12.4 Å². The van der Waals surface area contributed by atoms with Crippen molar-refractivity contribution in [2.24, 2.45) is 0 Å². The fraction of sp³-hybridized carbons (Fsp3) is 0.158. The van der Waals surface area contributed by atoms with Crippen molar-refractivity contribution in [1.82, 2.24) is 4.98 Å². The number of thiazole rings is 1. The van der Waals surface area contributed by atoms with Gasteiger partial charge in [0.05, 0.1) is 21.9 Å². The highest BCUT2D eigenvalue weighted by Crippen LogP contribution is 2.18. The molecule has 0 atom stereocenters. The third-order valence-corrected chi connectivity index (χ3v) is 6.22. The number of amides is 1. The quantitative estimate of drug-likeness (QED) is 0.650. The van der Waals surface area contributed by atoms with E-state index in [1.54, 1.807) is 48.8 Å². The average Bonchev–Trinajstić information content (AvgIpc) is 3.21. The minimum Gasteiger partial charge on any atom is -0.487 e. The number of hydrogen-bond acceptors (Lipinski definition) is 6. The van der Waals surface area contributed by atoms with E-state index in [-0.39, 0.29) is 16.6 Å². The molecule has 2 aromatic carbocycles. The lowest BCUT2D eigenvalue weighted by Crippen LogP contribution is -2.12. The number of sulfone groups is 1. The number of rotatable bonds is 7. The SMILES string of the molecule is CCS(=O)(=O)c1ccc(NC(=O)c2ccc(OCc3cscn3)cc2)cc1. The fourth-order valence-corrected chi connectivity index (χ4v) is 3.71. The second kappa shape index (κ2) is 8.32. The molecule has 0 saturated carbocycles. The van der Waals surface area contributed by atoms with E-state index in [1.165, 1.54) is 23.5 Å². The van der Waals surface area contributed by atoms with Gasteiger partial charge in [0.2, 0.25) is 0 Å². The van der Waals surface area contributed by atoms with Crippen molar-refractivity contribution in [2.75, 3.05) is 11.1 Å². The highest BCUT2D eigenvalue weighted by Gasteiger charge is 2.12. The van der Waals surface area contributed by atoms with Crippen LogP contribution in [0.25, 0.3) is 0 Å². The maximum absolute atomic E-state index is 12.3. The van der Waals surface area contributed by atoms with E-state index in [1.807, 2.05) is 5.38 Å². The molecule has 0 saturated heterocycles. The van der Waals surface area contributed by atoms with Crippen molar-refractivity contribution < 1.29 is 17.9 Å². The van der Waals surface area contributed by atoms with Crippen LogP contribution in [0.3, 0.4) is 0 Å². The molecule has 0 unspecified atom stereocenters. The highest BCUT2D eigenvalue weighted by atomic mass is 32.2. The molecule has 0 fully saturated rings. The van der Waals surface area contributed by atoms with E-state index < -0.39 is 9.84 Å². The summed E-state index contributed by atoms with van der Waals surface area (Å²) in [5.74, 6) is 0.399. The lowest BCUT2D eigenvalue weighted by molar-refractivity contribution is 0.102. The van der Waals surface area contributed by atoms with Gasteiger partial charge in [0.25, 0.3) is 5.91 Å². The number of hydrogen-bond donors (Lipinski definition) is 1. The van der Waals surface area contributed by atoms with E-state index in [0.29, 0.717) is 23.6 Å². The van der Waals surface area contributed by atoms with Gasteiger partial charge < -0.3 is 10.1 Å². The largest absolute Gasteiger partial charge is 0.487 e. The Morgan fingerprint density at radius 1 is 1.11 bits per heavy atom. The molecule has 1 aromatic heterocycles. The molecular weight excluding hydrogens is 384 g/mol. The number of carbonyl (C=O) groups is 1. The van der Waals surface area contributed by atoms with Gasteiger partial charge in [-0.05, 0) is 48.5 Å². The lowest BCUT2D eigenvalue weighted by Gasteiger charge is -2.08. The summed E-state index contributed by atoms with van der Waals surface area (Å²) in [7, 11) is -3.25. The number of aromatic nitrogens is 1. The molecule has 0 aliphatic rings. The summed E-state index contributed by atoms with van der Waals surface area (Å²) in [4.78, 5) is 16.7. The first-order valence-electron chi connectivity index (χ1n) is 8.22. The molecule has 6 nitrogen and oxygen atoms in total. The fourth-order valence-electron chi connectivity index (χ4n) is 2.28. The maximum atomic E-state index is 12.3. The van der Waals surface area contributed by atoms with Crippen LogP contribution < -0.4 is 10.1 Å². The van der Waals surface area contributed by atoms with Crippen molar-refractivity contribution in [3.63, 3.8) is 0 Å². The van der Waals surface area contributed by atoms with Crippen LogP contribution in [0.2, 0.25) is 0 Å². The van der Waals surface area contributed by atoms with Crippen molar-refractivity contribution in [3.8, 4) is 5.75 Å². The summed E-state index contributed by atoms with van der Waals surface area (Å²) in [6.45, 7) is 1.97. The first kappa shape index (κ1) is 19.1. The van der Waals surface area contributed by atoms with Crippen LogP contribution in [0.5, 0.6) is 5.75 Å². The Morgan fingerprint density at radius 2 is 1.81 bits per heavy atom. The van der Waals surface area contributed by atoms with Crippen LogP contribution in [-0.4, -0.2) is 25.1 Å². The van der Waals surface area contributed by atoms with E-state index in [9.17, 15) is 13.2 Å². The molecule has 0 radical (unpaired) electrons. The minimum absolute atomic E-state index is 0.0373. The van der Waals surface area contributed by atoms with Gasteiger partial charge in [0, 0.05) is 16.6 Å². The first-order chi connectivity index (χ1) is 13.0. The van der Waals surface area contributed by atoms with Gasteiger partial charge in [-0.15, -0.1) is 11.3 Å². The van der Waals surface area contributed by atoms with Gasteiger partial charge >= 0.3 is 0 Å².